The van der Waals surface area contributed by atoms with Gasteiger partial charge in [-0.3, -0.25) is 9.59 Å². The van der Waals surface area contributed by atoms with E-state index < -0.39 is 0 Å². The molecule has 2 aliphatic rings. The highest BCUT2D eigenvalue weighted by atomic mass is 32.2. The fourth-order valence-corrected chi connectivity index (χ4v) is 4.46. The monoisotopic (exact) mass is 414 g/mol. The largest absolute Gasteiger partial charge is 0.465 e. The maximum Gasteiger partial charge on any atom is 0.195 e. The van der Waals surface area contributed by atoms with Crippen LogP contribution in [0.5, 0.6) is 0 Å². The molecule has 6 heteroatoms. The first-order chi connectivity index (χ1) is 13.6. The van der Waals surface area contributed by atoms with Gasteiger partial charge in [-0.05, 0) is 24.8 Å². The summed E-state index contributed by atoms with van der Waals surface area (Å²) in [6, 6.07) is 7.66. The molecule has 4 nitrogen and oxygen atoms in total. The van der Waals surface area contributed by atoms with Crippen molar-refractivity contribution >= 4 is 34.4 Å². The molecule has 0 fully saturated rings. The van der Waals surface area contributed by atoms with Gasteiger partial charge in [-0.15, -0.1) is 0 Å². The molecule has 0 radical (unpaired) electrons. The van der Waals surface area contributed by atoms with Crippen LogP contribution >= 0.6 is 23.5 Å². The highest BCUT2D eigenvalue weighted by Crippen LogP contribution is 2.41. The fourth-order valence-electron chi connectivity index (χ4n) is 2.87. The van der Waals surface area contributed by atoms with Crippen LogP contribution in [0, 0.1) is 0 Å². The van der Waals surface area contributed by atoms with Crippen molar-refractivity contribution in [2.45, 2.75) is 31.4 Å². The number of ketones is 1. The van der Waals surface area contributed by atoms with Crippen molar-refractivity contribution in [2.24, 2.45) is 0 Å². The quantitative estimate of drug-likeness (QED) is 0.493. The van der Waals surface area contributed by atoms with Crippen LogP contribution in [0.4, 0.5) is 0 Å². The lowest BCUT2D eigenvalue weighted by molar-refractivity contribution is -0.109. The maximum atomic E-state index is 12.2. The fraction of sp³-hybridized carbons (Fsp3) is 0.273. The van der Waals surface area contributed by atoms with Gasteiger partial charge in [0.05, 0.1) is 5.75 Å². The molecule has 1 unspecified atom stereocenters. The third-order valence-electron chi connectivity index (χ3n) is 4.30. The summed E-state index contributed by atoms with van der Waals surface area (Å²) < 4.78 is 10.7. The average Bonchev–Trinajstić information content (AvgIpc) is 2.73. The third kappa shape index (κ3) is 6.17. The van der Waals surface area contributed by atoms with Crippen molar-refractivity contribution in [1.29, 1.82) is 0 Å². The van der Waals surface area contributed by atoms with Crippen molar-refractivity contribution in [2.75, 3.05) is 5.75 Å². The first-order valence-corrected chi connectivity index (χ1v) is 10.9. The summed E-state index contributed by atoms with van der Waals surface area (Å²) in [6.45, 7) is 1.47. The van der Waals surface area contributed by atoms with Crippen LogP contribution in [-0.4, -0.2) is 16.7 Å². The van der Waals surface area contributed by atoms with Crippen LogP contribution in [0.1, 0.15) is 47.4 Å². The van der Waals surface area contributed by atoms with Gasteiger partial charge in [-0.2, -0.15) is 0 Å². The first-order valence-electron chi connectivity index (χ1n) is 9.07. The lowest BCUT2D eigenvalue weighted by Crippen LogP contribution is -2.05. The van der Waals surface area contributed by atoms with E-state index in [-0.39, 0.29) is 21.9 Å². The van der Waals surface area contributed by atoms with Crippen LogP contribution in [0.15, 0.2) is 71.9 Å². The highest BCUT2D eigenvalue weighted by molar-refractivity contribution is 8.14. The molecule has 0 bridgehead atoms. The average molecular weight is 415 g/mol. The first kappa shape index (κ1) is 20.6. The molecule has 3 rings (SSSR count). The van der Waals surface area contributed by atoms with Crippen molar-refractivity contribution in [3.63, 3.8) is 0 Å². The zero-order valence-corrected chi connectivity index (χ0v) is 17.3. The summed E-state index contributed by atoms with van der Waals surface area (Å²) in [5.74, 6) is 0.143. The number of ether oxygens (including phenoxy) is 2. The van der Waals surface area contributed by atoms with Gasteiger partial charge < -0.3 is 9.47 Å². The van der Waals surface area contributed by atoms with Crippen LogP contribution < -0.4 is 0 Å². The number of benzene rings is 1. The molecule has 1 aliphatic heterocycles. The number of hydrogen-bond donors (Lipinski definition) is 0. The Kier molecular flexibility index (Phi) is 7.62. The summed E-state index contributed by atoms with van der Waals surface area (Å²) in [5.41, 5.74) is 3.14. The van der Waals surface area contributed by atoms with E-state index in [0.717, 1.165) is 36.6 Å². The molecule has 0 aromatic heterocycles. The highest BCUT2D eigenvalue weighted by Gasteiger charge is 2.19. The lowest BCUT2D eigenvalue weighted by atomic mass is 9.97. The van der Waals surface area contributed by atoms with Gasteiger partial charge in [0, 0.05) is 17.7 Å². The molecule has 1 aliphatic carbocycles. The van der Waals surface area contributed by atoms with Gasteiger partial charge in [-0.25, -0.2) is 0 Å². The Bertz CT molecular complexity index is 835. The number of Topliss-reactive ketones (excluding diaryl/α,β-unsaturated/α-hetero) is 1. The second-order valence-corrected chi connectivity index (χ2v) is 8.75. The van der Waals surface area contributed by atoms with Gasteiger partial charge in [0.2, 0.25) is 0 Å². The molecule has 1 heterocycles. The van der Waals surface area contributed by atoms with Crippen LogP contribution in [-0.2, 0) is 14.3 Å². The van der Waals surface area contributed by atoms with E-state index in [4.69, 9.17) is 9.47 Å². The third-order valence-corrected chi connectivity index (χ3v) is 6.26. The Hall–Kier alpha value is -2.18. The van der Waals surface area contributed by atoms with Crippen LogP contribution in [0.25, 0.3) is 0 Å². The zero-order valence-electron chi connectivity index (χ0n) is 15.6. The second kappa shape index (κ2) is 10.4. The summed E-state index contributed by atoms with van der Waals surface area (Å²) in [5, 5.41) is 0.806. The van der Waals surface area contributed by atoms with Gasteiger partial charge >= 0.3 is 0 Å². The van der Waals surface area contributed by atoms with E-state index in [1.54, 1.807) is 18.0 Å². The maximum absolute atomic E-state index is 12.2. The number of allylic oxidation sites excluding steroid dienone is 4. The van der Waals surface area contributed by atoms with E-state index in [2.05, 4.69) is 18.2 Å². The van der Waals surface area contributed by atoms with Gasteiger partial charge in [0.1, 0.15) is 18.8 Å². The summed E-state index contributed by atoms with van der Waals surface area (Å²) in [7, 11) is 0. The van der Waals surface area contributed by atoms with E-state index in [1.807, 2.05) is 24.3 Å². The molecule has 0 saturated heterocycles. The zero-order chi connectivity index (χ0) is 19.8. The molecule has 146 valence electrons. The van der Waals surface area contributed by atoms with E-state index in [0.29, 0.717) is 10.7 Å². The van der Waals surface area contributed by atoms with E-state index in [1.165, 1.54) is 25.0 Å². The topological polar surface area (TPSA) is 52.6 Å². The van der Waals surface area contributed by atoms with Gasteiger partial charge in [0.25, 0.3) is 0 Å². The standard InChI is InChI=1S/C22H22O4S2/c1-16(23)27-15-20(24)18-7-9-19(10-8-18)21(13-17-5-3-2-4-6-17)28-22-14-25-11-12-26-22/h2-3,5,7-12,14,21H,4,6,13,15H2,1H3. The molecule has 1 atom stereocenters. The normalized spacial score (nSPS) is 16.5. The number of thioether (sulfide) groups is 2. The van der Waals surface area contributed by atoms with Crippen LogP contribution in [0.2, 0.25) is 0 Å². The smallest absolute Gasteiger partial charge is 0.195 e. The molecule has 1 aromatic carbocycles. The van der Waals surface area contributed by atoms with Crippen molar-refractivity contribution in [3.05, 3.63) is 83.1 Å². The minimum atomic E-state index is -0.0479. The molecule has 28 heavy (non-hydrogen) atoms. The predicted molar refractivity (Wildman–Crippen MR) is 115 cm³/mol. The summed E-state index contributed by atoms with van der Waals surface area (Å²) >= 11 is 2.65. The molecule has 0 amide bonds. The Morgan fingerprint density at radius 3 is 2.64 bits per heavy atom. The number of carbonyl (C=O) groups is 2. The molecule has 1 aromatic rings. The SMILES string of the molecule is CC(=O)SCC(=O)c1ccc(C(CC2=CC=CCC2)SC2=COC=CO2)cc1. The lowest BCUT2D eigenvalue weighted by Gasteiger charge is -2.21. The number of carbonyl (C=O) groups excluding carboxylic acids is 2. The van der Waals surface area contributed by atoms with Crippen molar-refractivity contribution < 1.29 is 19.1 Å². The van der Waals surface area contributed by atoms with Gasteiger partial charge in [-0.1, -0.05) is 71.6 Å². The Morgan fingerprint density at radius 2 is 2.00 bits per heavy atom. The molecular weight excluding hydrogens is 392 g/mol. The van der Waals surface area contributed by atoms with Crippen LogP contribution in [0.3, 0.4) is 0 Å². The predicted octanol–water partition coefficient (Wildman–Crippen LogP) is 5.91. The molecule has 0 saturated carbocycles. The molecule has 0 spiro atoms. The van der Waals surface area contributed by atoms with Gasteiger partial charge in [0.15, 0.2) is 16.0 Å². The number of rotatable bonds is 8. The molecular formula is C22H22O4S2. The van der Waals surface area contributed by atoms with E-state index in [9.17, 15) is 9.59 Å². The second-order valence-electron chi connectivity index (χ2n) is 6.39. The van der Waals surface area contributed by atoms with Crippen molar-refractivity contribution in [1.82, 2.24) is 0 Å². The minimum absolute atomic E-state index is 0.0343. The Balaban J connectivity index is 1.73. The van der Waals surface area contributed by atoms with Crippen molar-refractivity contribution in [3.8, 4) is 0 Å². The number of hydrogen-bond acceptors (Lipinski definition) is 6. The Morgan fingerprint density at radius 1 is 1.18 bits per heavy atom. The Labute approximate surface area is 173 Å². The summed E-state index contributed by atoms with van der Waals surface area (Å²) in [4.78, 5) is 23.3. The summed E-state index contributed by atoms with van der Waals surface area (Å²) in [6.07, 6.45) is 14.1. The minimum Gasteiger partial charge on any atom is -0.465 e. The van der Waals surface area contributed by atoms with E-state index >= 15 is 0 Å². The molecule has 0 N–H and O–H groups in total.